The van der Waals surface area contributed by atoms with E-state index in [0.29, 0.717) is 34.1 Å². The number of ketones is 1. The van der Waals surface area contributed by atoms with E-state index in [1.807, 2.05) is 0 Å². The average molecular weight is 443 g/mol. The summed E-state index contributed by atoms with van der Waals surface area (Å²) < 4.78 is 0. The normalized spacial score (nSPS) is 60.1. The van der Waals surface area contributed by atoms with Crippen LogP contribution in [0.3, 0.4) is 0 Å². The van der Waals surface area contributed by atoms with Crippen molar-refractivity contribution < 1.29 is 9.90 Å². The molecular formula is C30H50O2. The Balaban J connectivity index is 1.53. The van der Waals surface area contributed by atoms with Crippen molar-refractivity contribution in [2.24, 2.45) is 56.2 Å². The Bertz CT molecular complexity index is 805. The van der Waals surface area contributed by atoms with Crippen molar-refractivity contribution in [2.45, 2.75) is 119 Å². The Labute approximate surface area is 197 Å². The number of carbonyl (C=O) groups excluding carboxylic acids is 1. The summed E-state index contributed by atoms with van der Waals surface area (Å²) in [5.41, 5.74) is 1.81. The summed E-state index contributed by atoms with van der Waals surface area (Å²) >= 11 is 0. The maximum Gasteiger partial charge on any atom is 0.136 e. The molecule has 1 N–H and O–H groups in total. The number of aliphatic hydroxyl groups excluding tert-OH is 1. The van der Waals surface area contributed by atoms with Crippen LogP contribution >= 0.6 is 0 Å². The molecule has 0 aromatic rings. The fraction of sp³-hybridized carbons (Fsp3) is 0.967. The first kappa shape index (κ1) is 23.4. The molecule has 0 aromatic heterocycles. The van der Waals surface area contributed by atoms with Gasteiger partial charge in [-0.3, -0.25) is 4.79 Å². The van der Waals surface area contributed by atoms with Crippen LogP contribution in [0.2, 0.25) is 0 Å². The first-order chi connectivity index (χ1) is 14.8. The molecule has 182 valence electrons. The highest BCUT2D eigenvalue weighted by Gasteiger charge is 2.70. The zero-order valence-electron chi connectivity index (χ0n) is 22.2. The van der Waals surface area contributed by atoms with Crippen molar-refractivity contribution in [3.63, 3.8) is 0 Å². The van der Waals surface area contributed by atoms with E-state index in [1.54, 1.807) is 0 Å². The minimum atomic E-state index is 0.110. The van der Waals surface area contributed by atoms with Gasteiger partial charge in [0.15, 0.2) is 0 Å². The highest BCUT2D eigenvalue weighted by Crippen LogP contribution is 2.77. The molecular weight excluding hydrogens is 392 g/mol. The second kappa shape index (κ2) is 6.86. The van der Waals surface area contributed by atoms with E-state index in [0.717, 1.165) is 30.6 Å². The second-order valence-corrected chi connectivity index (χ2v) is 15.0. The predicted molar refractivity (Wildman–Crippen MR) is 131 cm³/mol. The lowest BCUT2D eigenvalue weighted by molar-refractivity contribution is -0.249. The van der Waals surface area contributed by atoms with Gasteiger partial charge < -0.3 is 5.11 Å². The molecule has 2 nitrogen and oxygen atoms in total. The van der Waals surface area contributed by atoms with Crippen molar-refractivity contribution in [1.82, 2.24) is 0 Å². The maximum absolute atomic E-state index is 12.8. The topological polar surface area (TPSA) is 37.3 Å². The molecule has 0 spiro atoms. The van der Waals surface area contributed by atoms with Crippen LogP contribution in [0, 0.1) is 56.2 Å². The van der Waals surface area contributed by atoms with Crippen LogP contribution in [0.1, 0.15) is 119 Å². The predicted octanol–water partition coefficient (Wildman–Crippen LogP) is 7.43. The van der Waals surface area contributed by atoms with E-state index in [9.17, 15) is 9.90 Å². The van der Waals surface area contributed by atoms with Gasteiger partial charge in [-0.05, 0) is 114 Å². The van der Waals surface area contributed by atoms with E-state index >= 15 is 0 Å². The van der Waals surface area contributed by atoms with E-state index < -0.39 is 0 Å². The summed E-state index contributed by atoms with van der Waals surface area (Å²) in [7, 11) is 0. The molecule has 32 heavy (non-hydrogen) atoms. The van der Waals surface area contributed by atoms with Crippen LogP contribution < -0.4 is 0 Å². The third-order valence-electron chi connectivity index (χ3n) is 14.2. The van der Waals surface area contributed by atoms with Gasteiger partial charge in [0.05, 0.1) is 0 Å². The fourth-order valence-electron chi connectivity index (χ4n) is 11.0. The molecule has 0 aliphatic heterocycles. The summed E-state index contributed by atoms with van der Waals surface area (Å²) in [6.07, 6.45) is 13.6. The van der Waals surface area contributed by atoms with Gasteiger partial charge in [-0.25, -0.2) is 0 Å². The molecule has 5 rings (SSSR count). The lowest BCUT2D eigenvalue weighted by atomic mass is 9.31. The molecule has 5 saturated carbocycles. The molecule has 0 aromatic carbocycles. The summed E-state index contributed by atoms with van der Waals surface area (Å²) in [4.78, 5) is 12.8. The first-order valence-corrected chi connectivity index (χ1v) is 13.9. The van der Waals surface area contributed by atoms with E-state index in [1.165, 1.54) is 57.8 Å². The Hall–Kier alpha value is -0.370. The standard InChI is InChI=1S/C30H50O2/c1-20-23(32)10-13-28(5)21-9-12-30(7)24-18-25(2,19-31)14-15-26(24,3)16-17-29(30,6)22(21)8-11-27(20,28)4/h20-22,24,31H,8-19H2,1-7H3/t20-,21+,22-,24+,25+,26+,27+,28-,29+,30-/m0/s1. The summed E-state index contributed by atoms with van der Waals surface area (Å²) in [6.45, 7) is 18.0. The Kier molecular flexibility index (Phi) is 5.01. The summed E-state index contributed by atoms with van der Waals surface area (Å²) in [5, 5.41) is 10.3. The third kappa shape index (κ3) is 2.66. The smallest absolute Gasteiger partial charge is 0.136 e. The Morgan fingerprint density at radius 3 is 1.94 bits per heavy atom. The Morgan fingerprint density at radius 1 is 0.750 bits per heavy atom. The number of hydrogen-bond donors (Lipinski definition) is 1. The molecule has 0 heterocycles. The SMILES string of the molecule is C[C@H]1C(=O)CC[C@@]2(C)[C@@H]3CC[C@@]4(C)[C@@H]5C[C@](C)(CO)CC[C@]5(C)CC[C@]4(C)[C@H]3CC[C@]12C. The first-order valence-electron chi connectivity index (χ1n) is 13.9. The van der Waals surface area contributed by atoms with Crippen LogP contribution in [0.5, 0.6) is 0 Å². The molecule has 2 heteroatoms. The number of hydrogen-bond acceptors (Lipinski definition) is 2. The van der Waals surface area contributed by atoms with Crippen LogP contribution in [0.4, 0.5) is 0 Å². The van der Waals surface area contributed by atoms with Gasteiger partial charge in [0.25, 0.3) is 0 Å². The van der Waals surface area contributed by atoms with Crippen molar-refractivity contribution in [2.75, 3.05) is 6.61 Å². The lowest BCUT2D eigenvalue weighted by Gasteiger charge is -2.74. The van der Waals surface area contributed by atoms with E-state index in [4.69, 9.17) is 0 Å². The molecule has 5 aliphatic carbocycles. The number of carbonyl (C=O) groups is 1. The number of fused-ring (bicyclic) bond motifs is 7. The van der Waals surface area contributed by atoms with Crippen molar-refractivity contribution in [3.05, 3.63) is 0 Å². The van der Waals surface area contributed by atoms with E-state index in [2.05, 4.69) is 48.5 Å². The van der Waals surface area contributed by atoms with Gasteiger partial charge in [0.1, 0.15) is 5.78 Å². The Morgan fingerprint density at radius 2 is 1.31 bits per heavy atom. The van der Waals surface area contributed by atoms with Gasteiger partial charge in [0.2, 0.25) is 0 Å². The zero-order chi connectivity index (χ0) is 23.4. The van der Waals surface area contributed by atoms with Crippen LogP contribution in [-0.2, 0) is 4.79 Å². The van der Waals surface area contributed by atoms with Crippen molar-refractivity contribution in [3.8, 4) is 0 Å². The molecule has 5 fully saturated rings. The number of Topliss-reactive ketones (excluding diaryl/α,β-unsaturated/α-hetero) is 1. The highest BCUT2D eigenvalue weighted by molar-refractivity contribution is 5.82. The zero-order valence-corrected chi connectivity index (χ0v) is 22.2. The summed E-state index contributed by atoms with van der Waals surface area (Å²) in [5.74, 6) is 3.04. The minimum Gasteiger partial charge on any atom is -0.396 e. The van der Waals surface area contributed by atoms with Crippen LogP contribution in [0.15, 0.2) is 0 Å². The summed E-state index contributed by atoms with van der Waals surface area (Å²) in [6, 6.07) is 0. The average Bonchev–Trinajstić information content (AvgIpc) is 2.76. The molecule has 0 saturated heterocycles. The van der Waals surface area contributed by atoms with Gasteiger partial charge >= 0.3 is 0 Å². The number of rotatable bonds is 1. The van der Waals surface area contributed by atoms with Crippen LogP contribution in [0.25, 0.3) is 0 Å². The van der Waals surface area contributed by atoms with Crippen molar-refractivity contribution in [1.29, 1.82) is 0 Å². The number of aliphatic hydroxyl groups is 1. The van der Waals surface area contributed by atoms with Crippen molar-refractivity contribution >= 4 is 5.78 Å². The fourth-order valence-corrected chi connectivity index (χ4v) is 11.0. The molecule has 0 bridgehead atoms. The van der Waals surface area contributed by atoms with Gasteiger partial charge in [-0.1, -0.05) is 48.5 Å². The van der Waals surface area contributed by atoms with Crippen LogP contribution in [-0.4, -0.2) is 17.5 Å². The second-order valence-electron chi connectivity index (χ2n) is 15.0. The van der Waals surface area contributed by atoms with Gasteiger partial charge in [0, 0.05) is 18.9 Å². The minimum absolute atomic E-state index is 0.110. The quantitative estimate of drug-likeness (QED) is 0.458. The van der Waals surface area contributed by atoms with Gasteiger partial charge in [-0.15, -0.1) is 0 Å². The molecule has 10 atom stereocenters. The largest absolute Gasteiger partial charge is 0.396 e. The molecule has 0 unspecified atom stereocenters. The van der Waals surface area contributed by atoms with E-state index in [-0.39, 0.29) is 16.7 Å². The maximum atomic E-state index is 12.8. The highest BCUT2D eigenvalue weighted by atomic mass is 16.3. The molecule has 5 aliphatic rings. The lowest BCUT2D eigenvalue weighted by Crippen LogP contribution is -2.67. The monoisotopic (exact) mass is 442 g/mol. The third-order valence-corrected chi connectivity index (χ3v) is 14.2. The van der Waals surface area contributed by atoms with Gasteiger partial charge in [-0.2, -0.15) is 0 Å². The molecule has 0 amide bonds. The molecule has 0 radical (unpaired) electrons.